The lowest BCUT2D eigenvalue weighted by Gasteiger charge is -2.14. The van der Waals surface area contributed by atoms with Crippen LogP contribution >= 0.6 is 24.0 Å². The first kappa shape index (κ1) is 24.0. The molecule has 6 nitrogen and oxygen atoms in total. The van der Waals surface area contributed by atoms with Gasteiger partial charge in [-0.15, -0.1) is 12.4 Å². The Balaban J connectivity index is 0.00000289. The summed E-state index contributed by atoms with van der Waals surface area (Å²) >= 11 is 5.84. The van der Waals surface area contributed by atoms with Crippen LogP contribution in [0.4, 0.5) is 15.9 Å². The highest BCUT2D eigenvalue weighted by Crippen LogP contribution is 2.35. The predicted octanol–water partition coefficient (Wildman–Crippen LogP) is 5.63. The van der Waals surface area contributed by atoms with Gasteiger partial charge in [-0.2, -0.15) is 0 Å². The van der Waals surface area contributed by atoms with E-state index in [1.807, 2.05) is 6.08 Å². The molecular weight excluding hydrogens is 454 g/mol. The number of hydrogen-bond acceptors (Lipinski definition) is 6. The fraction of sp³-hybridized carbons (Fsp3) is 0.304. The van der Waals surface area contributed by atoms with E-state index in [9.17, 15) is 4.39 Å². The van der Waals surface area contributed by atoms with Crippen LogP contribution in [0.1, 0.15) is 12.8 Å². The zero-order valence-electron chi connectivity index (χ0n) is 17.7. The fourth-order valence-corrected chi connectivity index (χ4v) is 3.71. The molecule has 2 heterocycles. The maximum Gasteiger partial charge on any atom is 0.163 e. The van der Waals surface area contributed by atoms with E-state index >= 15 is 0 Å². The molecule has 2 aromatic carbocycles. The summed E-state index contributed by atoms with van der Waals surface area (Å²) in [5, 5.41) is 4.02. The Bertz CT molecular complexity index is 1090. The molecule has 0 amide bonds. The molecule has 0 spiro atoms. The van der Waals surface area contributed by atoms with Gasteiger partial charge in [0.15, 0.2) is 11.5 Å². The zero-order chi connectivity index (χ0) is 21.6. The maximum atomic E-state index is 14.2. The van der Waals surface area contributed by atoms with Crippen molar-refractivity contribution in [2.45, 2.75) is 12.8 Å². The first-order valence-electron chi connectivity index (χ1n) is 10.2. The zero-order valence-corrected chi connectivity index (χ0v) is 19.3. The van der Waals surface area contributed by atoms with Crippen molar-refractivity contribution in [3.63, 3.8) is 0 Å². The molecule has 0 bridgehead atoms. The van der Waals surface area contributed by atoms with Crippen LogP contribution in [0.3, 0.4) is 0 Å². The Hall–Kier alpha value is -2.61. The van der Waals surface area contributed by atoms with Crippen LogP contribution < -0.4 is 14.8 Å². The van der Waals surface area contributed by atoms with Crippen molar-refractivity contribution >= 4 is 46.4 Å². The molecule has 0 aliphatic carbocycles. The molecule has 1 N–H and O–H groups in total. The van der Waals surface area contributed by atoms with Crippen LogP contribution in [0.25, 0.3) is 10.9 Å². The number of nitrogens with zero attached hydrogens (tertiary/aromatic N) is 3. The number of hydrogen-bond donors (Lipinski definition) is 1. The largest absolute Gasteiger partial charge is 0.493 e. The molecule has 32 heavy (non-hydrogen) atoms. The van der Waals surface area contributed by atoms with Crippen LogP contribution in [-0.4, -0.2) is 48.2 Å². The van der Waals surface area contributed by atoms with E-state index in [-0.39, 0.29) is 18.1 Å². The van der Waals surface area contributed by atoms with Crippen molar-refractivity contribution in [3.8, 4) is 11.5 Å². The molecule has 1 aliphatic heterocycles. The van der Waals surface area contributed by atoms with Gasteiger partial charge >= 0.3 is 0 Å². The average molecular weight is 479 g/mol. The molecule has 0 atom stereocenters. The molecule has 1 saturated heterocycles. The normalized spacial score (nSPS) is 14.0. The van der Waals surface area contributed by atoms with E-state index in [0.717, 1.165) is 6.54 Å². The summed E-state index contributed by atoms with van der Waals surface area (Å²) in [7, 11) is 1.58. The monoisotopic (exact) mass is 478 g/mol. The molecular formula is C23H25Cl2FN4O2. The Labute approximate surface area is 197 Å². The third kappa shape index (κ3) is 5.79. The lowest BCUT2D eigenvalue weighted by Crippen LogP contribution is -2.18. The highest BCUT2D eigenvalue weighted by atomic mass is 35.5. The van der Waals surface area contributed by atoms with Gasteiger partial charge in [-0.3, -0.25) is 4.90 Å². The van der Waals surface area contributed by atoms with Gasteiger partial charge in [-0.25, -0.2) is 14.4 Å². The van der Waals surface area contributed by atoms with E-state index in [1.165, 1.54) is 38.3 Å². The maximum absolute atomic E-state index is 14.2. The van der Waals surface area contributed by atoms with E-state index < -0.39 is 5.82 Å². The van der Waals surface area contributed by atoms with Gasteiger partial charge in [-0.05, 0) is 50.2 Å². The number of anilines is 2. The minimum Gasteiger partial charge on any atom is -0.493 e. The number of likely N-dealkylation sites (tertiary alicyclic amines) is 1. The fourth-order valence-electron chi connectivity index (χ4n) is 3.55. The molecule has 9 heteroatoms. The number of aromatic nitrogens is 2. The SMILES string of the molecule is COc1cc2c(Nc3ccc(Cl)cc3F)ncnc2cc1OCC=CCN1CCCC1.Cl. The highest BCUT2D eigenvalue weighted by molar-refractivity contribution is 6.30. The molecule has 3 aromatic rings. The second-order valence-corrected chi connectivity index (χ2v) is 7.72. The second-order valence-electron chi connectivity index (χ2n) is 7.28. The van der Waals surface area contributed by atoms with Crippen LogP contribution in [0.5, 0.6) is 11.5 Å². The number of rotatable bonds is 8. The van der Waals surface area contributed by atoms with Crippen molar-refractivity contribution < 1.29 is 13.9 Å². The number of fused-ring (bicyclic) bond motifs is 1. The van der Waals surface area contributed by atoms with E-state index in [1.54, 1.807) is 31.4 Å². The average Bonchev–Trinajstić information content (AvgIpc) is 3.28. The van der Waals surface area contributed by atoms with Gasteiger partial charge in [0.2, 0.25) is 0 Å². The van der Waals surface area contributed by atoms with E-state index in [0.29, 0.717) is 39.8 Å². The Kier molecular flexibility index (Phi) is 8.50. The van der Waals surface area contributed by atoms with Gasteiger partial charge in [0.05, 0.1) is 18.3 Å². The summed E-state index contributed by atoms with van der Waals surface area (Å²) in [6.45, 7) is 3.71. The lowest BCUT2D eigenvalue weighted by molar-refractivity contribution is 0.325. The number of benzene rings is 2. The van der Waals surface area contributed by atoms with Gasteiger partial charge in [0.1, 0.15) is 24.6 Å². The molecule has 0 unspecified atom stereocenters. The molecule has 1 aromatic heterocycles. The second kappa shape index (κ2) is 11.3. The first-order chi connectivity index (χ1) is 15.1. The number of halogens is 3. The van der Waals surface area contributed by atoms with E-state index in [4.69, 9.17) is 21.1 Å². The topological polar surface area (TPSA) is 59.5 Å². The van der Waals surface area contributed by atoms with Crippen molar-refractivity contribution in [1.29, 1.82) is 0 Å². The third-order valence-electron chi connectivity index (χ3n) is 5.17. The molecule has 1 fully saturated rings. The van der Waals surface area contributed by atoms with Crippen molar-refractivity contribution in [2.24, 2.45) is 0 Å². The minimum atomic E-state index is -0.466. The van der Waals surface area contributed by atoms with Crippen LogP contribution in [0, 0.1) is 5.82 Å². The van der Waals surface area contributed by atoms with Gasteiger partial charge < -0.3 is 14.8 Å². The lowest BCUT2D eigenvalue weighted by atomic mass is 10.2. The van der Waals surface area contributed by atoms with Gasteiger partial charge in [-0.1, -0.05) is 23.8 Å². The Morgan fingerprint density at radius 3 is 2.69 bits per heavy atom. The summed E-state index contributed by atoms with van der Waals surface area (Å²) in [4.78, 5) is 11.0. The van der Waals surface area contributed by atoms with Crippen molar-refractivity contribution in [2.75, 3.05) is 38.7 Å². The third-order valence-corrected chi connectivity index (χ3v) is 5.40. The van der Waals surface area contributed by atoms with Crippen LogP contribution in [0.2, 0.25) is 5.02 Å². The molecule has 4 rings (SSSR count). The highest BCUT2D eigenvalue weighted by Gasteiger charge is 2.13. The van der Waals surface area contributed by atoms with Gasteiger partial charge in [0.25, 0.3) is 0 Å². The number of nitrogens with one attached hydrogen (secondary N) is 1. The van der Waals surface area contributed by atoms with Crippen LogP contribution in [-0.2, 0) is 0 Å². The molecule has 0 saturated carbocycles. The summed E-state index contributed by atoms with van der Waals surface area (Å²) in [5.74, 6) is 1.13. The summed E-state index contributed by atoms with van der Waals surface area (Å²) in [6.07, 6.45) is 8.12. The Morgan fingerprint density at radius 1 is 1.12 bits per heavy atom. The smallest absolute Gasteiger partial charge is 0.163 e. The quantitative estimate of drug-likeness (QED) is 0.423. The van der Waals surface area contributed by atoms with Gasteiger partial charge in [0, 0.05) is 23.0 Å². The van der Waals surface area contributed by atoms with E-state index in [2.05, 4.69) is 26.3 Å². The summed E-state index contributed by atoms with van der Waals surface area (Å²) in [6, 6.07) is 8.01. The minimum absolute atomic E-state index is 0. The van der Waals surface area contributed by atoms with Crippen molar-refractivity contribution in [1.82, 2.24) is 14.9 Å². The van der Waals surface area contributed by atoms with Crippen LogP contribution in [0.15, 0.2) is 48.8 Å². The molecule has 170 valence electrons. The summed E-state index contributed by atoms with van der Waals surface area (Å²) < 4.78 is 25.6. The van der Waals surface area contributed by atoms with Crippen molar-refractivity contribution in [3.05, 3.63) is 59.7 Å². The predicted molar refractivity (Wildman–Crippen MR) is 128 cm³/mol. The molecule has 0 radical (unpaired) electrons. The standard InChI is InChI=1S/C23H24ClFN4O2.ClH/c1-30-21-13-17-20(14-22(21)31-11-5-4-10-29-8-2-3-9-29)26-15-27-23(17)28-19-7-6-16(24)12-18(19)25;/h4-7,12-15H,2-3,8-11H2,1H3,(H,26,27,28);1H. The number of methoxy groups -OCH3 is 1. The first-order valence-corrected chi connectivity index (χ1v) is 10.6. The number of ether oxygens (including phenoxy) is 2. The molecule has 1 aliphatic rings. The summed E-state index contributed by atoms with van der Waals surface area (Å²) in [5.41, 5.74) is 0.926. The Morgan fingerprint density at radius 2 is 1.94 bits per heavy atom.